The number of nitrogens with zero attached hydrogens (tertiary/aromatic N) is 3. The molecule has 92 valence electrons. The lowest BCUT2D eigenvalue weighted by Gasteiger charge is -2.25. The minimum atomic E-state index is 0.0390. The summed E-state index contributed by atoms with van der Waals surface area (Å²) in [6, 6.07) is 0. The molecule has 1 rings (SSSR count). The second-order valence-corrected chi connectivity index (χ2v) is 7.30. The van der Waals surface area contributed by atoms with E-state index in [9.17, 15) is 0 Å². The van der Waals surface area contributed by atoms with Crippen LogP contribution in [0.3, 0.4) is 0 Å². The SMILES string of the molecule is CN(CC(C)(C)C)c1nc(C(C)(C)C)ns1. The molecule has 4 heteroatoms. The number of hydrogen-bond donors (Lipinski definition) is 0. The van der Waals surface area contributed by atoms with Crippen LogP contribution >= 0.6 is 11.5 Å². The van der Waals surface area contributed by atoms with Gasteiger partial charge in [-0.15, -0.1) is 0 Å². The van der Waals surface area contributed by atoms with E-state index in [0.717, 1.165) is 17.5 Å². The van der Waals surface area contributed by atoms with Crippen molar-refractivity contribution in [3.05, 3.63) is 5.82 Å². The fourth-order valence-corrected chi connectivity index (χ4v) is 2.27. The van der Waals surface area contributed by atoms with Crippen molar-refractivity contribution in [2.45, 2.75) is 47.0 Å². The zero-order valence-electron chi connectivity index (χ0n) is 11.5. The molecule has 1 heterocycles. The molecule has 1 aromatic rings. The van der Waals surface area contributed by atoms with Crippen LogP contribution in [-0.4, -0.2) is 22.9 Å². The number of anilines is 1. The summed E-state index contributed by atoms with van der Waals surface area (Å²) in [7, 11) is 2.08. The zero-order chi connectivity index (χ0) is 12.6. The molecule has 0 aromatic carbocycles. The third kappa shape index (κ3) is 3.74. The number of rotatable bonds is 2. The van der Waals surface area contributed by atoms with Gasteiger partial charge >= 0.3 is 0 Å². The van der Waals surface area contributed by atoms with Crippen LogP contribution in [0.5, 0.6) is 0 Å². The van der Waals surface area contributed by atoms with Gasteiger partial charge in [0.1, 0.15) is 5.82 Å². The quantitative estimate of drug-likeness (QED) is 0.795. The van der Waals surface area contributed by atoms with Crippen molar-refractivity contribution >= 4 is 16.7 Å². The van der Waals surface area contributed by atoms with Gasteiger partial charge in [0.25, 0.3) is 0 Å². The molecule has 0 amide bonds. The normalized spacial score (nSPS) is 12.9. The van der Waals surface area contributed by atoms with Crippen LogP contribution in [0.4, 0.5) is 5.13 Å². The Morgan fingerprint density at radius 1 is 1.12 bits per heavy atom. The molecule has 1 aromatic heterocycles. The van der Waals surface area contributed by atoms with E-state index in [2.05, 4.69) is 62.8 Å². The van der Waals surface area contributed by atoms with Gasteiger partial charge in [-0.25, -0.2) is 4.98 Å². The van der Waals surface area contributed by atoms with Crippen molar-refractivity contribution in [1.82, 2.24) is 9.36 Å². The summed E-state index contributed by atoms with van der Waals surface area (Å²) in [5.41, 5.74) is 0.319. The standard InChI is InChI=1S/C12H23N3S/c1-11(2,3)8-15(7)10-13-9(14-16-10)12(4,5)6/h8H2,1-7H3. The molecule has 0 aliphatic rings. The fraction of sp³-hybridized carbons (Fsp3) is 0.833. The van der Waals surface area contributed by atoms with Crippen LogP contribution in [0.25, 0.3) is 0 Å². The first-order chi connectivity index (χ1) is 7.09. The van der Waals surface area contributed by atoms with Crippen molar-refractivity contribution < 1.29 is 0 Å². The number of aromatic nitrogens is 2. The Morgan fingerprint density at radius 3 is 2.06 bits per heavy atom. The first kappa shape index (κ1) is 13.4. The van der Waals surface area contributed by atoms with Gasteiger partial charge in [0, 0.05) is 30.5 Å². The molecular formula is C12H23N3S. The first-order valence-corrected chi connectivity index (χ1v) is 6.42. The monoisotopic (exact) mass is 241 g/mol. The lowest BCUT2D eigenvalue weighted by Crippen LogP contribution is -2.29. The predicted octanol–water partition coefficient (Wildman–Crippen LogP) is 3.32. The van der Waals surface area contributed by atoms with Gasteiger partial charge in [0.05, 0.1) is 0 Å². The van der Waals surface area contributed by atoms with Crippen LogP contribution in [0.15, 0.2) is 0 Å². The molecule has 0 unspecified atom stereocenters. The zero-order valence-corrected chi connectivity index (χ0v) is 12.3. The van der Waals surface area contributed by atoms with Crippen LogP contribution in [0.1, 0.15) is 47.4 Å². The van der Waals surface area contributed by atoms with Gasteiger partial charge < -0.3 is 4.90 Å². The highest BCUT2D eigenvalue weighted by Gasteiger charge is 2.22. The van der Waals surface area contributed by atoms with Crippen molar-refractivity contribution in [2.75, 3.05) is 18.5 Å². The summed E-state index contributed by atoms with van der Waals surface area (Å²) in [5, 5.41) is 1.01. The summed E-state index contributed by atoms with van der Waals surface area (Å²) in [6.07, 6.45) is 0. The predicted molar refractivity (Wildman–Crippen MR) is 71.3 cm³/mol. The molecule has 0 radical (unpaired) electrons. The largest absolute Gasteiger partial charge is 0.349 e. The average molecular weight is 241 g/mol. The molecule has 0 N–H and O–H groups in total. The van der Waals surface area contributed by atoms with E-state index in [1.54, 1.807) is 0 Å². The summed E-state index contributed by atoms with van der Waals surface area (Å²) >= 11 is 1.49. The molecule has 16 heavy (non-hydrogen) atoms. The van der Waals surface area contributed by atoms with E-state index in [0.29, 0.717) is 0 Å². The Balaban J connectivity index is 2.79. The molecule has 3 nitrogen and oxygen atoms in total. The van der Waals surface area contributed by atoms with Crippen LogP contribution < -0.4 is 4.90 Å². The van der Waals surface area contributed by atoms with Gasteiger partial charge in [-0.2, -0.15) is 4.37 Å². The van der Waals surface area contributed by atoms with E-state index in [4.69, 9.17) is 0 Å². The molecule has 0 saturated heterocycles. The topological polar surface area (TPSA) is 29.0 Å². The lowest BCUT2D eigenvalue weighted by molar-refractivity contribution is 0.418. The van der Waals surface area contributed by atoms with Gasteiger partial charge in [-0.1, -0.05) is 41.5 Å². The molecular weight excluding hydrogens is 218 g/mol. The maximum atomic E-state index is 4.60. The third-order valence-corrected chi connectivity index (χ3v) is 2.95. The van der Waals surface area contributed by atoms with Gasteiger partial charge in [0.15, 0.2) is 0 Å². The maximum absolute atomic E-state index is 4.60. The molecule has 0 aliphatic carbocycles. The van der Waals surface area contributed by atoms with Crippen LogP contribution in [0.2, 0.25) is 0 Å². The summed E-state index contributed by atoms with van der Waals surface area (Å²) in [6.45, 7) is 14.1. The molecule has 0 fully saturated rings. The van der Waals surface area contributed by atoms with Gasteiger partial charge in [-0.05, 0) is 5.41 Å². The minimum Gasteiger partial charge on any atom is -0.349 e. The summed E-state index contributed by atoms with van der Waals surface area (Å²) < 4.78 is 4.43. The summed E-state index contributed by atoms with van der Waals surface area (Å²) in [4.78, 5) is 6.79. The smallest absolute Gasteiger partial charge is 0.204 e. The van der Waals surface area contributed by atoms with Crippen molar-refractivity contribution in [2.24, 2.45) is 5.41 Å². The van der Waals surface area contributed by atoms with E-state index in [1.807, 2.05) is 0 Å². The van der Waals surface area contributed by atoms with Crippen LogP contribution in [0, 0.1) is 5.41 Å². The third-order valence-electron chi connectivity index (χ3n) is 2.12. The first-order valence-electron chi connectivity index (χ1n) is 5.65. The van der Waals surface area contributed by atoms with E-state index in [-0.39, 0.29) is 10.8 Å². The molecule has 0 bridgehead atoms. The van der Waals surface area contributed by atoms with Gasteiger partial charge in [-0.3, -0.25) is 0 Å². The van der Waals surface area contributed by atoms with Crippen molar-refractivity contribution in [3.63, 3.8) is 0 Å². The molecule has 0 spiro atoms. The van der Waals surface area contributed by atoms with Crippen molar-refractivity contribution in [3.8, 4) is 0 Å². The van der Waals surface area contributed by atoms with E-state index >= 15 is 0 Å². The van der Waals surface area contributed by atoms with Gasteiger partial charge in [0.2, 0.25) is 5.13 Å². The summed E-state index contributed by atoms with van der Waals surface area (Å²) in [5.74, 6) is 0.938. The lowest BCUT2D eigenvalue weighted by atomic mass is 9.96. The highest BCUT2D eigenvalue weighted by Crippen LogP contribution is 2.26. The Morgan fingerprint density at radius 2 is 1.69 bits per heavy atom. The Hall–Kier alpha value is -0.640. The Labute approximate surface area is 103 Å². The maximum Gasteiger partial charge on any atom is 0.204 e. The Kier molecular flexibility index (Phi) is 3.62. The highest BCUT2D eigenvalue weighted by molar-refractivity contribution is 7.09. The second kappa shape index (κ2) is 4.32. The van der Waals surface area contributed by atoms with E-state index in [1.165, 1.54) is 11.5 Å². The minimum absolute atomic E-state index is 0.0390. The Bertz CT molecular complexity index is 344. The van der Waals surface area contributed by atoms with Crippen molar-refractivity contribution in [1.29, 1.82) is 0 Å². The molecule has 0 aliphatic heterocycles. The number of hydrogen-bond acceptors (Lipinski definition) is 4. The molecule has 0 saturated carbocycles. The average Bonchev–Trinajstić information content (AvgIpc) is 2.46. The highest BCUT2D eigenvalue weighted by atomic mass is 32.1. The van der Waals surface area contributed by atoms with E-state index < -0.39 is 0 Å². The van der Waals surface area contributed by atoms with Crippen LogP contribution in [-0.2, 0) is 5.41 Å². The second-order valence-electron chi connectivity index (χ2n) is 6.57. The fourth-order valence-electron chi connectivity index (χ4n) is 1.45. The molecule has 0 atom stereocenters.